The Kier molecular flexibility index (Phi) is 2.67. The van der Waals surface area contributed by atoms with Crippen molar-refractivity contribution in [2.75, 3.05) is 4.90 Å². The van der Waals surface area contributed by atoms with E-state index < -0.39 is 0 Å². The highest BCUT2D eigenvalue weighted by Crippen LogP contribution is 2.36. The van der Waals surface area contributed by atoms with Crippen molar-refractivity contribution < 1.29 is 4.79 Å². The maximum Gasteiger partial charge on any atom is 0.235 e. The number of H-pyrrole nitrogens is 1. The average molecular weight is 279 g/mol. The molecule has 1 saturated carbocycles. The number of hydrogen-bond donors (Lipinski definition) is 1. The van der Waals surface area contributed by atoms with Crippen LogP contribution in [0.5, 0.6) is 0 Å². The Morgan fingerprint density at radius 1 is 1.29 bits per heavy atom. The monoisotopic (exact) mass is 279 g/mol. The zero-order valence-electron chi connectivity index (χ0n) is 11.2. The first-order chi connectivity index (χ1) is 10.3. The molecule has 4 rings (SSSR count). The summed E-state index contributed by atoms with van der Waals surface area (Å²) in [5, 5.41) is 7.78. The molecule has 3 heterocycles. The van der Waals surface area contributed by atoms with Crippen LogP contribution in [0.15, 0.2) is 43.0 Å². The van der Waals surface area contributed by atoms with Gasteiger partial charge in [0.15, 0.2) is 0 Å². The van der Waals surface area contributed by atoms with Gasteiger partial charge in [-0.1, -0.05) is 0 Å². The number of pyridine rings is 2. The second-order valence-corrected chi connectivity index (χ2v) is 5.16. The first-order valence-electron chi connectivity index (χ1n) is 6.86. The molecule has 1 amide bonds. The topological polar surface area (TPSA) is 74.8 Å². The first-order valence-corrected chi connectivity index (χ1v) is 6.86. The average Bonchev–Trinajstić information content (AvgIpc) is 3.27. The molecule has 0 unspecified atom stereocenters. The normalized spacial score (nSPS) is 14.3. The maximum atomic E-state index is 12.6. The molecule has 104 valence electrons. The van der Waals surface area contributed by atoms with Crippen molar-refractivity contribution in [3.05, 3.63) is 43.0 Å². The maximum absolute atomic E-state index is 12.6. The molecule has 1 aliphatic carbocycles. The fourth-order valence-corrected chi connectivity index (χ4v) is 2.32. The van der Waals surface area contributed by atoms with Gasteiger partial charge >= 0.3 is 0 Å². The van der Waals surface area contributed by atoms with Crippen molar-refractivity contribution in [3.63, 3.8) is 0 Å². The van der Waals surface area contributed by atoms with Gasteiger partial charge in [0.1, 0.15) is 5.82 Å². The van der Waals surface area contributed by atoms with Crippen molar-refractivity contribution in [1.29, 1.82) is 0 Å². The number of fused-ring (bicyclic) bond motifs is 1. The number of amides is 1. The molecule has 0 spiro atoms. The molecule has 1 aliphatic rings. The molecule has 0 saturated heterocycles. The SMILES string of the molecule is O=C(C1CC1)N(c1cccnc1)c1cc2cn[nH]c2cn1. The largest absolute Gasteiger partial charge is 0.276 e. The van der Waals surface area contributed by atoms with Crippen molar-refractivity contribution in [2.24, 2.45) is 5.92 Å². The van der Waals surface area contributed by atoms with E-state index in [0.29, 0.717) is 5.82 Å². The highest BCUT2D eigenvalue weighted by atomic mass is 16.2. The summed E-state index contributed by atoms with van der Waals surface area (Å²) < 4.78 is 0. The summed E-state index contributed by atoms with van der Waals surface area (Å²) in [7, 11) is 0. The minimum absolute atomic E-state index is 0.0818. The Morgan fingerprint density at radius 2 is 2.19 bits per heavy atom. The van der Waals surface area contributed by atoms with E-state index in [-0.39, 0.29) is 11.8 Å². The molecule has 1 N–H and O–H groups in total. The van der Waals surface area contributed by atoms with E-state index in [2.05, 4.69) is 20.2 Å². The van der Waals surface area contributed by atoms with Crippen LogP contribution >= 0.6 is 0 Å². The summed E-state index contributed by atoms with van der Waals surface area (Å²) in [4.78, 5) is 22.8. The number of anilines is 2. The predicted octanol–water partition coefficient (Wildman–Crippen LogP) is 2.43. The van der Waals surface area contributed by atoms with Crippen LogP contribution < -0.4 is 4.90 Å². The van der Waals surface area contributed by atoms with E-state index >= 15 is 0 Å². The number of hydrogen-bond acceptors (Lipinski definition) is 4. The van der Waals surface area contributed by atoms with Crippen LogP contribution in [-0.2, 0) is 4.79 Å². The summed E-state index contributed by atoms with van der Waals surface area (Å²) in [6, 6.07) is 5.56. The third kappa shape index (κ3) is 2.14. The molecule has 0 aromatic carbocycles. The third-order valence-electron chi connectivity index (χ3n) is 3.59. The van der Waals surface area contributed by atoms with Gasteiger partial charge in [-0.25, -0.2) is 4.98 Å². The molecule has 0 bridgehead atoms. The second kappa shape index (κ2) is 4.66. The number of carbonyl (C=O) groups is 1. The molecular weight excluding hydrogens is 266 g/mol. The van der Waals surface area contributed by atoms with Crippen LogP contribution in [0.25, 0.3) is 10.9 Å². The van der Waals surface area contributed by atoms with E-state index in [1.54, 1.807) is 29.7 Å². The van der Waals surface area contributed by atoms with Crippen molar-refractivity contribution in [3.8, 4) is 0 Å². The van der Waals surface area contributed by atoms with E-state index in [1.165, 1.54) is 0 Å². The molecule has 0 aliphatic heterocycles. The Balaban J connectivity index is 1.82. The van der Waals surface area contributed by atoms with Crippen molar-refractivity contribution in [1.82, 2.24) is 20.2 Å². The van der Waals surface area contributed by atoms with E-state index in [9.17, 15) is 4.79 Å². The molecule has 6 heteroatoms. The molecule has 0 atom stereocenters. The lowest BCUT2D eigenvalue weighted by atomic mass is 10.2. The summed E-state index contributed by atoms with van der Waals surface area (Å²) in [5.74, 6) is 0.791. The number of nitrogens with zero attached hydrogens (tertiary/aromatic N) is 4. The summed E-state index contributed by atoms with van der Waals surface area (Å²) >= 11 is 0. The number of rotatable bonds is 3. The lowest BCUT2D eigenvalue weighted by Gasteiger charge is -2.21. The number of aromatic nitrogens is 4. The number of aromatic amines is 1. The molecule has 21 heavy (non-hydrogen) atoms. The zero-order chi connectivity index (χ0) is 14.2. The minimum Gasteiger partial charge on any atom is -0.276 e. The first kappa shape index (κ1) is 12.0. The summed E-state index contributed by atoms with van der Waals surface area (Å²) in [6.45, 7) is 0. The Morgan fingerprint density at radius 3 is 2.95 bits per heavy atom. The van der Waals surface area contributed by atoms with Gasteiger partial charge in [-0.3, -0.25) is 19.8 Å². The zero-order valence-corrected chi connectivity index (χ0v) is 11.2. The van der Waals surface area contributed by atoms with Crippen LogP contribution in [-0.4, -0.2) is 26.1 Å². The minimum atomic E-state index is 0.0818. The van der Waals surface area contributed by atoms with Gasteiger partial charge in [0, 0.05) is 17.5 Å². The third-order valence-corrected chi connectivity index (χ3v) is 3.59. The van der Waals surface area contributed by atoms with Crippen LogP contribution in [0, 0.1) is 5.92 Å². The van der Waals surface area contributed by atoms with Crippen LogP contribution in [0.1, 0.15) is 12.8 Å². The molecule has 0 radical (unpaired) electrons. The van der Waals surface area contributed by atoms with E-state index in [4.69, 9.17) is 0 Å². The van der Waals surface area contributed by atoms with Crippen molar-refractivity contribution in [2.45, 2.75) is 12.8 Å². The quantitative estimate of drug-likeness (QED) is 0.799. The second-order valence-electron chi connectivity index (χ2n) is 5.16. The highest BCUT2D eigenvalue weighted by molar-refractivity contribution is 6.03. The van der Waals surface area contributed by atoms with Gasteiger partial charge in [-0.2, -0.15) is 5.10 Å². The van der Waals surface area contributed by atoms with Gasteiger partial charge < -0.3 is 0 Å². The van der Waals surface area contributed by atoms with Gasteiger partial charge in [0.2, 0.25) is 5.91 Å². The van der Waals surface area contributed by atoms with E-state index in [1.807, 2.05) is 18.2 Å². The summed E-state index contributed by atoms with van der Waals surface area (Å²) in [6.07, 6.45) is 8.69. The van der Waals surface area contributed by atoms with Crippen LogP contribution in [0.2, 0.25) is 0 Å². The molecule has 6 nitrogen and oxygen atoms in total. The van der Waals surface area contributed by atoms with E-state index in [0.717, 1.165) is 29.4 Å². The predicted molar refractivity (Wildman–Crippen MR) is 78.0 cm³/mol. The van der Waals surface area contributed by atoms with Crippen LogP contribution in [0.4, 0.5) is 11.5 Å². The smallest absolute Gasteiger partial charge is 0.235 e. The van der Waals surface area contributed by atoms with Gasteiger partial charge in [0.25, 0.3) is 0 Å². The molecule has 3 aromatic rings. The molecular formula is C15H13N5O. The van der Waals surface area contributed by atoms with Crippen LogP contribution in [0.3, 0.4) is 0 Å². The lowest BCUT2D eigenvalue weighted by molar-refractivity contribution is -0.119. The Bertz CT molecular complexity index is 794. The van der Waals surface area contributed by atoms with Gasteiger partial charge in [-0.15, -0.1) is 0 Å². The van der Waals surface area contributed by atoms with Gasteiger partial charge in [-0.05, 0) is 31.0 Å². The highest BCUT2D eigenvalue weighted by Gasteiger charge is 2.35. The summed E-state index contributed by atoms with van der Waals surface area (Å²) in [5.41, 5.74) is 1.59. The molecule has 1 fully saturated rings. The standard InChI is InChI=1S/C15H13N5O/c21-15(10-3-4-10)20(12-2-1-5-16-8-12)14-6-11-7-18-19-13(11)9-17-14/h1-2,5-10H,3-4H2,(H,18,19). The van der Waals surface area contributed by atoms with Gasteiger partial charge in [0.05, 0.1) is 29.8 Å². The fraction of sp³-hybridized carbons (Fsp3) is 0.200. The lowest BCUT2D eigenvalue weighted by Crippen LogP contribution is -2.28. The fourth-order valence-electron chi connectivity index (χ4n) is 2.32. The Hall–Kier alpha value is -2.76. The number of nitrogens with one attached hydrogen (secondary N) is 1. The number of carbonyl (C=O) groups excluding carboxylic acids is 1. The Labute approximate surface area is 120 Å². The molecule has 3 aromatic heterocycles. The van der Waals surface area contributed by atoms with Crippen molar-refractivity contribution >= 4 is 28.3 Å².